The van der Waals surface area contributed by atoms with Crippen LogP contribution in [0, 0.1) is 11.3 Å². The van der Waals surface area contributed by atoms with Crippen LogP contribution in [-0.2, 0) is 40.4 Å². The average molecular weight is 741 g/mol. The fourth-order valence-electron chi connectivity index (χ4n) is 6.24. The van der Waals surface area contributed by atoms with Crippen molar-refractivity contribution >= 4 is 11.8 Å². The van der Waals surface area contributed by atoms with Crippen molar-refractivity contribution in [2.24, 2.45) is 11.3 Å². The maximum absolute atomic E-state index is 14.8. The van der Waals surface area contributed by atoms with Gasteiger partial charge >= 0.3 is 5.97 Å². The first-order valence-electron chi connectivity index (χ1n) is 18.3. The van der Waals surface area contributed by atoms with Gasteiger partial charge in [-0.2, -0.15) is 0 Å². The van der Waals surface area contributed by atoms with E-state index in [1.54, 1.807) is 43.8 Å². The van der Waals surface area contributed by atoms with E-state index in [2.05, 4.69) is 20.9 Å². The van der Waals surface area contributed by atoms with Crippen molar-refractivity contribution in [3.8, 4) is 17.2 Å². The molecule has 0 aliphatic heterocycles. The third-order valence-corrected chi connectivity index (χ3v) is 9.43. The molecule has 0 aliphatic rings. The predicted octanol–water partition coefficient (Wildman–Crippen LogP) is 5.37. The number of pyridine rings is 1. The number of aliphatic hydroxyl groups is 1. The molecular weight excluding hydrogens is 684 g/mol. The van der Waals surface area contributed by atoms with Gasteiger partial charge in [0.05, 0.1) is 32.4 Å². The van der Waals surface area contributed by atoms with Gasteiger partial charge in [0.25, 0.3) is 0 Å². The Labute approximate surface area is 319 Å². The van der Waals surface area contributed by atoms with Crippen molar-refractivity contribution in [2.45, 2.75) is 91.0 Å². The molecule has 5 atom stereocenters. The number of carbonyl (C=O) groups excluding carboxylic acids is 2. The number of esters is 1. The Kier molecular flexibility index (Phi) is 15.6. The molecule has 1 aromatic heterocycles. The lowest BCUT2D eigenvalue weighted by atomic mass is 9.83. The van der Waals surface area contributed by atoms with Crippen LogP contribution >= 0.6 is 0 Å². The van der Waals surface area contributed by atoms with Crippen LogP contribution in [0.15, 0.2) is 97.3 Å². The number of carbonyl (C=O) groups is 2. The summed E-state index contributed by atoms with van der Waals surface area (Å²) in [5.41, 5.74) is 2.58. The zero-order valence-electron chi connectivity index (χ0n) is 32.4. The number of Topliss-reactive ketones (excluding diaryl/α,β-unsaturated/α-hetero) is 1. The summed E-state index contributed by atoms with van der Waals surface area (Å²) < 4.78 is 16.4. The van der Waals surface area contributed by atoms with Crippen molar-refractivity contribution in [2.75, 3.05) is 14.2 Å². The van der Waals surface area contributed by atoms with Gasteiger partial charge in [0.1, 0.15) is 29.9 Å². The van der Waals surface area contributed by atoms with Gasteiger partial charge in [-0.15, -0.1) is 0 Å². The number of aromatic hydroxyl groups is 1. The highest BCUT2D eigenvalue weighted by molar-refractivity contribution is 5.90. The Bertz CT molecular complexity index is 1750. The highest BCUT2D eigenvalue weighted by atomic mass is 16.5. The van der Waals surface area contributed by atoms with Crippen molar-refractivity contribution in [1.29, 1.82) is 0 Å². The molecule has 0 unspecified atom stereocenters. The molecule has 0 spiro atoms. The zero-order chi connectivity index (χ0) is 39.3. The zero-order valence-corrected chi connectivity index (χ0v) is 32.4. The Morgan fingerprint density at radius 1 is 0.778 bits per heavy atom. The third-order valence-electron chi connectivity index (χ3n) is 9.43. The van der Waals surface area contributed by atoms with Gasteiger partial charge in [0, 0.05) is 43.2 Å². The summed E-state index contributed by atoms with van der Waals surface area (Å²) >= 11 is 0. The summed E-state index contributed by atoms with van der Waals surface area (Å²) in [6, 6.07) is 22.4. The average Bonchev–Trinajstić information content (AvgIpc) is 3.16. The largest absolute Gasteiger partial charge is 0.507 e. The van der Waals surface area contributed by atoms with E-state index < -0.39 is 41.7 Å². The van der Waals surface area contributed by atoms with Gasteiger partial charge in [-0.05, 0) is 64.8 Å². The monoisotopic (exact) mass is 740 g/mol. The van der Waals surface area contributed by atoms with Gasteiger partial charge in [-0.25, -0.2) is 0 Å². The number of nitrogens with one attached hydrogen (secondary N) is 3. The van der Waals surface area contributed by atoms with Crippen LogP contribution in [0.2, 0.25) is 0 Å². The molecule has 0 saturated carbocycles. The summed E-state index contributed by atoms with van der Waals surface area (Å²) in [5, 5.41) is 33.3. The molecule has 290 valence electrons. The molecule has 5 N–H and O–H groups in total. The van der Waals surface area contributed by atoms with Crippen molar-refractivity contribution in [1.82, 2.24) is 20.9 Å². The molecule has 0 fully saturated rings. The third kappa shape index (κ3) is 12.1. The number of benzene rings is 3. The van der Waals surface area contributed by atoms with Crippen molar-refractivity contribution in [3.63, 3.8) is 0 Å². The van der Waals surface area contributed by atoms with E-state index in [9.17, 15) is 19.8 Å². The van der Waals surface area contributed by atoms with Gasteiger partial charge < -0.3 is 35.1 Å². The van der Waals surface area contributed by atoms with Crippen LogP contribution in [-0.4, -0.2) is 71.4 Å². The molecule has 54 heavy (non-hydrogen) atoms. The number of phenols is 1. The standard InChI is InChI=1S/C43H56N4O7/c1-28(2)37(46-26-32-15-18-34(53-7)24-36(32)48)40(50)38(45-25-30-13-16-33(52-6)17-14-30)39(49)35(23-29-11-9-8-10-12-29)47-41(43(3,4)5)42(51)54-27-31-19-21-44-22-20-31/h8-22,24,28,35,37-39,41,45-49H,23,25-27H2,1-7H3/t35-,37+,38+,39+,41-/m0/s1. The van der Waals surface area contributed by atoms with Crippen LogP contribution < -0.4 is 25.4 Å². The van der Waals surface area contributed by atoms with E-state index in [0.29, 0.717) is 23.5 Å². The summed E-state index contributed by atoms with van der Waals surface area (Å²) in [6.45, 7) is 10.2. The highest BCUT2D eigenvalue weighted by Gasteiger charge is 2.41. The highest BCUT2D eigenvalue weighted by Crippen LogP contribution is 2.26. The van der Waals surface area contributed by atoms with Crippen LogP contribution in [0.3, 0.4) is 0 Å². The van der Waals surface area contributed by atoms with E-state index in [1.807, 2.05) is 89.2 Å². The first-order chi connectivity index (χ1) is 25.8. The van der Waals surface area contributed by atoms with E-state index in [4.69, 9.17) is 14.2 Å². The number of aromatic nitrogens is 1. The van der Waals surface area contributed by atoms with E-state index in [1.165, 1.54) is 13.2 Å². The number of phenolic OH excluding ortho intramolecular Hbond substituents is 1. The van der Waals surface area contributed by atoms with Gasteiger partial charge in [-0.1, -0.05) is 83.1 Å². The number of methoxy groups -OCH3 is 2. The molecule has 0 saturated heterocycles. The first kappa shape index (κ1) is 41.9. The molecule has 0 radical (unpaired) electrons. The number of hydrogen-bond donors (Lipinski definition) is 5. The van der Waals surface area contributed by atoms with Gasteiger partial charge in [0.15, 0.2) is 5.78 Å². The molecule has 4 rings (SSSR count). The minimum Gasteiger partial charge on any atom is -0.507 e. The lowest BCUT2D eigenvalue weighted by Gasteiger charge is -2.38. The van der Waals surface area contributed by atoms with Crippen LogP contribution in [0.1, 0.15) is 56.9 Å². The Morgan fingerprint density at radius 3 is 2.00 bits per heavy atom. The molecule has 0 amide bonds. The fourth-order valence-corrected chi connectivity index (χ4v) is 6.24. The SMILES string of the molecule is COc1ccc(CN[C@@H](C(=O)[C@H](NCc2ccc(OC)cc2O)C(C)C)[C@H](O)[C@H](Cc2ccccc2)N[C@@H](C(=O)OCc2ccncc2)C(C)(C)C)cc1. The number of ketones is 1. The molecule has 4 aromatic rings. The summed E-state index contributed by atoms with van der Waals surface area (Å²) in [6.07, 6.45) is 2.31. The topological polar surface area (TPSA) is 151 Å². The molecule has 11 nitrogen and oxygen atoms in total. The van der Waals surface area contributed by atoms with Crippen molar-refractivity contribution in [3.05, 3.63) is 120 Å². The van der Waals surface area contributed by atoms with Crippen LogP contribution in [0.5, 0.6) is 17.2 Å². The van der Waals surface area contributed by atoms with E-state index in [-0.39, 0.29) is 37.1 Å². The molecular formula is C43H56N4O7. The molecule has 0 aliphatic carbocycles. The quantitative estimate of drug-likeness (QED) is 0.0745. The van der Waals surface area contributed by atoms with Crippen LogP contribution in [0.25, 0.3) is 0 Å². The number of rotatable bonds is 20. The van der Waals surface area contributed by atoms with Gasteiger partial charge in [0.2, 0.25) is 0 Å². The molecule has 1 heterocycles. The predicted molar refractivity (Wildman–Crippen MR) is 209 cm³/mol. The minimum absolute atomic E-state index is 0.0437. The van der Waals surface area contributed by atoms with Gasteiger partial charge in [-0.3, -0.25) is 19.9 Å². The second-order valence-corrected chi connectivity index (χ2v) is 14.9. The number of hydrogen-bond acceptors (Lipinski definition) is 11. The van der Waals surface area contributed by atoms with Crippen molar-refractivity contribution < 1.29 is 34.0 Å². The van der Waals surface area contributed by atoms with E-state index in [0.717, 1.165) is 16.7 Å². The maximum Gasteiger partial charge on any atom is 0.324 e. The lowest BCUT2D eigenvalue weighted by molar-refractivity contribution is -0.151. The lowest BCUT2D eigenvalue weighted by Crippen LogP contribution is -2.63. The second kappa shape index (κ2) is 20.0. The molecule has 3 aromatic carbocycles. The maximum atomic E-state index is 14.8. The normalized spacial score (nSPS) is 14.5. The summed E-state index contributed by atoms with van der Waals surface area (Å²) in [5.74, 6) is 0.355. The minimum atomic E-state index is -1.30. The number of aliphatic hydroxyl groups excluding tert-OH is 1. The molecule has 0 bridgehead atoms. The number of ether oxygens (including phenoxy) is 3. The van der Waals surface area contributed by atoms with E-state index >= 15 is 0 Å². The smallest absolute Gasteiger partial charge is 0.324 e. The fraction of sp³-hybridized carbons (Fsp3) is 0.419. The Hall–Kier alpha value is -4.81. The molecule has 11 heteroatoms. The second-order valence-electron chi connectivity index (χ2n) is 14.9. The first-order valence-corrected chi connectivity index (χ1v) is 18.3. The summed E-state index contributed by atoms with van der Waals surface area (Å²) in [4.78, 5) is 32.6. The Balaban J connectivity index is 1.68. The number of nitrogens with zero attached hydrogens (tertiary/aromatic N) is 1. The van der Waals surface area contributed by atoms with Crippen LogP contribution in [0.4, 0.5) is 0 Å². The Morgan fingerprint density at radius 2 is 1.41 bits per heavy atom. The summed E-state index contributed by atoms with van der Waals surface area (Å²) in [7, 11) is 3.13.